The number of sulfonamides is 1. The third-order valence-electron chi connectivity index (χ3n) is 4.75. The highest BCUT2D eigenvalue weighted by molar-refractivity contribution is 7.89. The molecule has 0 aliphatic carbocycles. The van der Waals surface area contributed by atoms with Crippen LogP contribution in [0, 0.1) is 12.8 Å². The molecule has 1 aliphatic heterocycles. The first-order valence-corrected chi connectivity index (χ1v) is 10.4. The first kappa shape index (κ1) is 19.4. The number of methoxy groups -OCH3 is 1. The molecule has 0 aromatic heterocycles. The second-order valence-electron chi connectivity index (χ2n) is 6.71. The summed E-state index contributed by atoms with van der Waals surface area (Å²) in [5.41, 5.74) is 1.61. The molecule has 1 N–H and O–H groups in total. The maximum absolute atomic E-state index is 12.8. The van der Waals surface area contributed by atoms with Gasteiger partial charge in [-0.1, -0.05) is 24.3 Å². The summed E-state index contributed by atoms with van der Waals surface area (Å²) in [7, 11) is -2.04. The van der Waals surface area contributed by atoms with E-state index in [0.29, 0.717) is 30.8 Å². The summed E-state index contributed by atoms with van der Waals surface area (Å²) < 4.78 is 32.4. The lowest BCUT2D eigenvalue weighted by Crippen LogP contribution is -2.43. The maximum atomic E-state index is 12.8. The van der Waals surface area contributed by atoms with Crippen LogP contribution in [0.15, 0.2) is 53.4 Å². The zero-order valence-corrected chi connectivity index (χ0v) is 16.3. The molecular weight excluding hydrogens is 364 g/mol. The minimum atomic E-state index is -3.59. The third-order valence-corrected chi connectivity index (χ3v) is 6.63. The van der Waals surface area contributed by atoms with Gasteiger partial charge >= 0.3 is 0 Å². The number of carbonyl (C=O) groups excluding carboxylic acids is 1. The van der Waals surface area contributed by atoms with Crippen LogP contribution in [0.2, 0.25) is 0 Å². The number of amides is 1. The molecule has 2 aromatic rings. The fourth-order valence-electron chi connectivity index (χ4n) is 3.27. The highest BCUT2D eigenvalue weighted by Crippen LogP contribution is 2.28. The van der Waals surface area contributed by atoms with E-state index in [2.05, 4.69) is 5.32 Å². The zero-order valence-electron chi connectivity index (χ0n) is 15.5. The van der Waals surface area contributed by atoms with Crippen LogP contribution >= 0.6 is 0 Å². The Bertz CT molecular complexity index is 913. The maximum Gasteiger partial charge on any atom is 0.243 e. The number of nitrogens with one attached hydrogen (secondary N) is 1. The number of hydrogen-bond donors (Lipinski definition) is 1. The molecular formula is C20H24N2O4S. The number of nitrogens with zero attached hydrogens (tertiary/aromatic N) is 1. The Labute approximate surface area is 160 Å². The highest BCUT2D eigenvalue weighted by Gasteiger charge is 2.33. The fraction of sp³-hybridized carbons (Fsp3) is 0.350. The Hall–Kier alpha value is -2.38. The number of rotatable bonds is 5. The van der Waals surface area contributed by atoms with Crippen LogP contribution in [0.1, 0.15) is 18.4 Å². The van der Waals surface area contributed by atoms with E-state index in [0.717, 1.165) is 5.56 Å². The minimum Gasteiger partial charge on any atom is -0.495 e. The summed E-state index contributed by atoms with van der Waals surface area (Å²) in [5.74, 6) is -0.00663. The number of ether oxygens (including phenoxy) is 1. The van der Waals surface area contributed by atoms with Crippen LogP contribution in [-0.4, -0.2) is 38.8 Å². The average molecular weight is 388 g/mol. The van der Waals surface area contributed by atoms with E-state index in [4.69, 9.17) is 4.74 Å². The molecule has 27 heavy (non-hydrogen) atoms. The molecule has 0 radical (unpaired) electrons. The molecule has 144 valence electrons. The first-order chi connectivity index (χ1) is 12.9. The average Bonchev–Trinajstić information content (AvgIpc) is 2.69. The Morgan fingerprint density at radius 3 is 2.63 bits per heavy atom. The topological polar surface area (TPSA) is 75.7 Å². The number of piperidine rings is 1. The zero-order chi connectivity index (χ0) is 19.4. The quantitative estimate of drug-likeness (QED) is 0.854. The van der Waals surface area contributed by atoms with Gasteiger partial charge in [-0.3, -0.25) is 4.79 Å². The molecule has 2 aromatic carbocycles. The predicted molar refractivity (Wildman–Crippen MR) is 104 cm³/mol. The van der Waals surface area contributed by atoms with Crippen LogP contribution < -0.4 is 10.1 Å². The number of anilines is 1. The second kappa shape index (κ2) is 8.10. The van der Waals surface area contributed by atoms with Crippen molar-refractivity contribution in [1.82, 2.24) is 4.31 Å². The lowest BCUT2D eigenvalue weighted by molar-refractivity contribution is -0.120. The molecule has 0 spiro atoms. The molecule has 0 bridgehead atoms. The number of hydrogen-bond acceptors (Lipinski definition) is 4. The van der Waals surface area contributed by atoms with E-state index in [-0.39, 0.29) is 17.3 Å². The standard InChI is InChI=1S/C20H24N2O4S/c1-15-10-11-19(26-2)18(13-15)21-20(23)16-7-6-12-22(14-16)27(24,25)17-8-4-3-5-9-17/h3-5,8-11,13,16H,6-7,12,14H2,1-2H3,(H,21,23). The Morgan fingerprint density at radius 1 is 1.19 bits per heavy atom. The lowest BCUT2D eigenvalue weighted by atomic mass is 9.98. The monoisotopic (exact) mass is 388 g/mol. The van der Waals surface area contributed by atoms with E-state index < -0.39 is 15.9 Å². The van der Waals surface area contributed by atoms with Crippen molar-refractivity contribution < 1.29 is 17.9 Å². The molecule has 7 heteroatoms. The SMILES string of the molecule is COc1ccc(C)cc1NC(=O)C1CCCN(S(=O)(=O)c2ccccc2)C1. The highest BCUT2D eigenvalue weighted by atomic mass is 32.2. The van der Waals surface area contributed by atoms with Crippen LogP contribution in [-0.2, 0) is 14.8 Å². The van der Waals surface area contributed by atoms with Gasteiger partial charge in [0.15, 0.2) is 0 Å². The summed E-state index contributed by atoms with van der Waals surface area (Å²) in [6.45, 7) is 2.54. The molecule has 1 heterocycles. The largest absolute Gasteiger partial charge is 0.495 e. The summed E-state index contributed by atoms with van der Waals surface area (Å²) in [6, 6.07) is 13.9. The molecule has 1 amide bonds. The Balaban J connectivity index is 1.75. The van der Waals surface area contributed by atoms with Gasteiger partial charge in [-0.2, -0.15) is 4.31 Å². The Morgan fingerprint density at radius 2 is 1.93 bits per heavy atom. The molecule has 0 saturated carbocycles. The van der Waals surface area contributed by atoms with E-state index >= 15 is 0 Å². The van der Waals surface area contributed by atoms with Gasteiger partial charge in [0.25, 0.3) is 0 Å². The van der Waals surface area contributed by atoms with E-state index in [9.17, 15) is 13.2 Å². The van der Waals surface area contributed by atoms with Gasteiger partial charge in [0.2, 0.25) is 15.9 Å². The van der Waals surface area contributed by atoms with Crippen molar-refractivity contribution in [3.8, 4) is 5.75 Å². The van der Waals surface area contributed by atoms with Crippen LogP contribution in [0.25, 0.3) is 0 Å². The van der Waals surface area contributed by atoms with Gasteiger partial charge in [0, 0.05) is 13.1 Å². The van der Waals surface area contributed by atoms with Crippen molar-refractivity contribution in [2.45, 2.75) is 24.7 Å². The lowest BCUT2D eigenvalue weighted by Gasteiger charge is -2.31. The second-order valence-corrected chi connectivity index (χ2v) is 8.65. The normalized spacial score (nSPS) is 18.1. The Kier molecular flexibility index (Phi) is 5.82. The summed E-state index contributed by atoms with van der Waals surface area (Å²) in [4.78, 5) is 13.0. The van der Waals surface area contributed by atoms with Gasteiger partial charge in [-0.15, -0.1) is 0 Å². The first-order valence-electron chi connectivity index (χ1n) is 8.92. The van der Waals surface area contributed by atoms with Gasteiger partial charge in [0.1, 0.15) is 5.75 Å². The van der Waals surface area contributed by atoms with Crippen molar-refractivity contribution >= 4 is 21.6 Å². The molecule has 6 nitrogen and oxygen atoms in total. The number of aryl methyl sites for hydroxylation is 1. The molecule has 1 fully saturated rings. The summed E-state index contributed by atoms with van der Waals surface area (Å²) in [5, 5.41) is 2.90. The summed E-state index contributed by atoms with van der Waals surface area (Å²) in [6.07, 6.45) is 1.30. The third kappa shape index (κ3) is 4.31. The molecule has 1 unspecified atom stereocenters. The van der Waals surface area contributed by atoms with Crippen LogP contribution in [0.5, 0.6) is 5.75 Å². The van der Waals surface area contributed by atoms with Crippen molar-refractivity contribution in [3.63, 3.8) is 0 Å². The van der Waals surface area contributed by atoms with E-state index in [1.54, 1.807) is 43.5 Å². The van der Waals surface area contributed by atoms with Crippen molar-refractivity contribution in [2.24, 2.45) is 5.92 Å². The molecule has 1 aliphatic rings. The van der Waals surface area contributed by atoms with E-state index in [1.165, 1.54) is 4.31 Å². The number of benzene rings is 2. The number of carbonyl (C=O) groups is 1. The van der Waals surface area contributed by atoms with Gasteiger partial charge in [-0.25, -0.2) is 8.42 Å². The molecule has 1 atom stereocenters. The van der Waals surface area contributed by atoms with Crippen molar-refractivity contribution in [3.05, 3.63) is 54.1 Å². The van der Waals surface area contributed by atoms with Crippen LogP contribution in [0.4, 0.5) is 5.69 Å². The van der Waals surface area contributed by atoms with E-state index in [1.807, 2.05) is 19.1 Å². The predicted octanol–water partition coefficient (Wildman–Crippen LogP) is 3.04. The van der Waals surface area contributed by atoms with Gasteiger partial charge in [-0.05, 0) is 49.6 Å². The minimum absolute atomic E-state index is 0.178. The smallest absolute Gasteiger partial charge is 0.243 e. The van der Waals surface area contributed by atoms with Crippen LogP contribution in [0.3, 0.4) is 0 Å². The van der Waals surface area contributed by atoms with Gasteiger partial charge < -0.3 is 10.1 Å². The summed E-state index contributed by atoms with van der Waals surface area (Å²) >= 11 is 0. The fourth-order valence-corrected chi connectivity index (χ4v) is 4.82. The molecule has 1 saturated heterocycles. The molecule has 3 rings (SSSR count). The van der Waals surface area contributed by atoms with Crippen molar-refractivity contribution in [2.75, 3.05) is 25.5 Å². The van der Waals surface area contributed by atoms with Crippen molar-refractivity contribution in [1.29, 1.82) is 0 Å². The van der Waals surface area contributed by atoms with Gasteiger partial charge in [0.05, 0.1) is 23.6 Å².